The Morgan fingerprint density at radius 2 is 1.60 bits per heavy atom. The third-order valence-electron chi connectivity index (χ3n) is 6.64. The standard InChI is InChI=1S/C24H38N4OS/c1-3-4-5-6-7-8-9-10-11-12-17-30-23-21(19-26)24(13-15-28(2)16-14-24)20(18-25)22(29)27-23/h20H,3-17H2,1-2H3,(H,27,29)/t20-/m1/s1. The van der Waals surface area contributed by atoms with Crippen LogP contribution in [0.3, 0.4) is 0 Å². The number of hydrogen-bond donors (Lipinski definition) is 1. The fourth-order valence-corrected chi connectivity index (χ4v) is 5.76. The SMILES string of the molecule is CCCCCCCCCCCCSC1=C(C#N)C2(CCN(C)CC2)[C@H](C#N)C(=O)N1. The lowest BCUT2D eigenvalue weighted by molar-refractivity contribution is -0.127. The van der Waals surface area contributed by atoms with Crippen LogP contribution >= 0.6 is 11.8 Å². The molecule has 166 valence electrons. The Bertz CT molecular complexity index is 668. The maximum absolute atomic E-state index is 12.6. The van der Waals surface area contributed by atoms with Gasteiger partial charge in [0.25, 0.3) is 0 Å². The number of nitrogens with zero attached hydrogens (tertiary/aromatic N) is 3. The van der Waals surface area contributed by atoms with E-state index in [2.05, 4.69) is 29.3 Å². The van der Waals surface area contributed by atoms with E-state index >= 15 is 0 Å². The van der Waals surface area contributed by atoms with Crippen molar-refractivity contribution in [1.29, 1.82) is 10.5 Å². The summed E-state index contributed by atoms with van der Waals surface area (Å²) in [5.41, 5.74) is 0.0252. The highest BCUT2D eigenvalue weighted by Crippen LogP contribution is 2.49. The number of thioether (sulfide) groups is 1. The summed E-state index contributed by atoms with van der Waals surface area (Å²) in [6, 6.07) is 4.58. The van der Waals surface area contributed by atoms with Gasteiger partial charge in [-0.05, 0) is 45.2 Å². The molecule has 0 aromatic rings. The predicted octanol–water partition coefficient (Wildman–Crippen LogP) is 5.36. The van der Waals surface area contributed by atoms with Crippen molar-refractivity contribution < 1.29 is 4.79 Å². The van der Waals surface area contributed by atoms with Crippen molar-refractivity contribution in [3.8, 4) is 12.1 Å². The van der Waals surface area contributed by atoms with Crippen molar-refractivity contribution in [2.75, 3.05) is 25.9 Å². The summed E-state index contributed by atoms with van der Waals surface area (Å²) < 4.78 is 0. The van der Waals surface area contributed by atoms with Gasteiger partial charge < -0.3 is 10.2 Å². The van der Waals surface area contributed by atoms with E-state index in [0.717, 1.165) is 25.3 Å². The molecule has 2 heterocycles. The molecule has 1 N–H and O–H groups in total. The quantitative estimate of drug-likeness (QED) is 0.422. The second-order valence-electron chi connectivity index (χ2n) is 8.86. The van der Waals surface area contributed by atoms with Crippen LogP contribution in [0.2, 0.25) is 0 Å². The molecule has 0 unspecified atom stereocenters. The molecule has 5 nitrogen and oxygen atoms in total. The second kappa shape index (κ2) is 13.0. The number of carbonyl (C=O) groups is 1. The van der Waals surface area contributed by atoms with Gasteiger partial charge in [-0.3, -0.25) is 4.79 Å². The third-order valence-corrected chi connectivity index (χ3v) is 7.73. The number of carbonyl (C=O) groups excluding carboxylic acids is 1. The maximum atomic E-state index is 12.6. The van der Waals surface area contributed by atoms with Crippen molar-refractivity contribution in [2.24, 2.45) is 11.3 Å². The van der Waals surface area contributed by atoms with Gasteiger partial charge in [0.2, 0.25) is 5.91 Å². The normalized spacial score (nSPS) is 21.3. The monoisotopic (exact) mass is 430 g/mol. The maximum Gasteiger partial charge on any atom is 0.243 e. The molecule has 1 atom stereocenters. The number of amides is 1. The lowest BCUT2D eigenvalue weighted by atomic mass is 9.63. The van der Waals surface area contributed by atoms with Crippen molar-refractivity contribution in [2.45, 2.75) is 84.0 Å². The van der Waals surface area contributed by atoms with Crippen LogP contribution in [0.25, 0.3) is 0 Å². The Balaban J connectivity index is 1.83. The van der Waals surface area contributed by atoms with Gasteiger partial charge in [-0.1, -0.05) is 64.7 Å². The zero-order chi connectivity index (χ0) is 21.8. The molecule has 0 radical (unpaired) electrons. The highest BCUT2D eigenvalue weighted by atomic mass is 32.2. The molecule has 0 saturated carbocycles. The number of nitriles is 2. The van der Waals surface area contributed by atoms with Crippen molar-refractivity contribution >= 4 is 17.7 Å². The number of unbranched alkanes of at least 4 members (excludes halogenated alkanes) is 9. The zero-order valence-electron chi connectivity index (χ0n) is 18.8. The smallest absolute Gasteiger partial charge is 0.243 e. The van der Waals surface area contributed by atoms with Crippen molar-refractivity contribution in [3.63, 3.8) is 0 Å². The summed E-state index contributed by atoms with van der Waals surface area (Å²) in [6.07, 6.45) is 14.4. The summed E-state index contributed by atoms with van der Waals surface area (Å²) in [5.74, 6) is -0.0843. The van der Waals surface area contributed by atoms with Crippen LogP contribution in [0.1, 0.15) is 84.0 Å². The average Bonchev–Trinajstić information content (AvgIpc) is 2.74. The van der Waals surface area contributed by atoms with Gasteiger partial charge in [0.15, 0.2) is 0 Å². The first-order valence-electron chi connectivity index (χ1n) is 11.8. The topological polar surface area (TPSA) is 79.9 Å². The van der Waals surface area contributed by atoms with Crippen LogP contribution < -0.4 is 5.32 Å². The first kappa shape index (κ1) is 24.8. The van der Waals surface area contributed by atoms with E-state index in [4.69, 9.17) is 0 Å². The van der Waals surface area contributed by atoms with E-state index in [1.165, 1.54) is 57.8 Å². The van der Waals surface area contributed by atoms with Crippen LogP contribution in [0.5, 0.6) is 0 Å². The first-order chi connectivity index (χ1) is 14.6. The number of nitrogens with one attached hydrogen (secondary N) is 1. The molecule has 0 aliphatic carbocycles. The minimum Gasteiger partial charge on any atom is -0.319 e. The molecular formula is C24H38N4OS. The summed E-state index contributed by atoms with van der Waals surface area (Å²) in [4.78, 5) is 14.9. The minimum absolute atomic E-state index is 0.230. The molecule has 1 saturated heterocycles. The highest BCUT2D eigenvalue weighted by molar-refractivity contribution is 8.03. The van der Waals surface area contributed by atoms with Crippen LogP contribution in [-0.2, 0) is 4.79 Å². The van der Waals surface area contributed by atoms with Crippen LogP contribution in [-0.4, -0.2) is 36.7 Å². The van der Waals surface area contributed by atoms with E-state index in [9.17, 15) is 15.3 Å². The first-order valence-corrected chi connectivity index (χ1v) is 12.7. The molecule has 30 heavy (non-hydrogen) atoms. The number of allylic oxidation sites excluding steroid dienone is 1. The van der Waals surface area contributed by atoms with Gasteiger partial charge in [-0.2, -0.15) is 10.5 Å². The molecule has 2 rings (SSSR count). The number of hydrogen-bond acceptors (Lipinski definition) is 5. The molecule has 1 spiro atoms. The lowest BCUT2D eigenvalue weighted by Gasteiger charge is -2.45. The van der Waals surface area contributed by atoms with Crippen LogP contribution in [0.4, 0.5) is 0 Å². The summed E-state index contributed by atoms with van der Waals surface area (Å²) in [6.45, 7) is 3.88. The van der Waals surface area contributed by atoms with E-state index in [1.807, 2.05) is 7.05 Å². The highest BCUT2D eigenvalue weighted by Gasteiger charge is 2.52. The molecule has 2 aliphatic rings. The molecule has 1 fully saturated rings. The van der Waals surface area contributed by atoms with E-state index in [-0.39, 0.29) is 5.91 Å². The van der Waals surface area contributed by atoms with Crippen LogP contribution in [0.15, 0.2) is 10.6 Å². The van der Waals surface area contributed by atoms with Crippen LogP contribution in [0, 0.1) is 34.0 Å². The van der Waals surface area contributed by atoms with E-state index in [1.54, 1.807) is 11.8 Å². The Morgan fingerprint density at radius 3 is 2.13 bits per heavy atom. The van der Waals surface area contributed by atoms with Crippen molar-refractivity contribution in [3.05, 3.63) is 10.6 Å². The Morgan fingerprint density at radius 1 is 1.03 bits per heavy atom. The zero-order valence-corrected chi connectivity index (χ0v) is 19.7. The lowest BCUT2D eigenvalue weighted by Crippen LogP contribution is -2.52. The van der Waals surface area contributed by atoms with E-state index in [0.29, 0.717) is 23.4 Å². The van der Waals surface area contributed by atoms with Gasteiger partial charge >= 0.3 is 0 Å². The summed E-state index contributed by atoms with van der Waals surface area (Å²) in [7, 11) is 2.05. The minimum atomic E-state index is -0.762. The molecule has 1 amide bonds. The van der Waals surface area contributed by atoms with Crippen molar-refractivity contribution in [1.82, 2.24) is 10.2 Å². The van der Waals surface area contributed by atoms with Gasteiger partial charge in [0.1, 0.15) is 5.92 Å². The number of piperidine rings is 1. The molecule has 2 aliphatic heterocycles. The molecule has 0 aromatic heterocycles. The Labute approximate surface area is 187 Å². The fraction of sp³-hybridized carbons (Fsp3) is 0.792. The fourth-order valence-electron chi connectivity index (χ4n) is 4.64. The predicted molar refractivity (Wildman–Crippen MR) is 123 cm³/mol. The Kier molecular flexibility index (Phi) is 10.8. The summed E-state index contributed by atoms with van der Waals surface area (Å²) in [5, 5.41) is 23.2. The van der Waals surface area contributed by atoms with Gasteiger partial charge in [-0.25, -0.2) is 0 Å². The van der Waals surface area contributed by atoms with Gasteiger partial charge in [0, 0.05) is 5.41 Å². The Hall–Kier alpha value is -1.50. The molecule has 0 aromatic carbocycles. The molecular weight excluding hydrogens is 392 g/mol. The number of rotatable bonds is 12. The molecule has 6 heteroatoms. The van der Waals surface area contributed by atoms with Gasteiger partial charge in [0.05, 0.1) is 22.7 Å². The third kappa shape index (κ3) is 6.50. The largest absolute Gasteiger partial charge is 0.319 e. The van der Waals surface area contributed by atoms with Gasteiger partial charge in [-0.15, -0.1) is 11.8 Å². The molecule has 0 bridgehead atoms. The number of likely N-dealkylation sites (tertiary alicyclic amines) is 1. The van der Waals surface area contributed by atoms with E-state index < -0.39 is 11.3 Å². The average molecular weight is 431 g/mol. The summed E-state index contributed by atoms with van der Waals surface area (Å²) >= 11 is 1.59. The second-order valence-corrected chi connectivity index (χ2v) is 9.96.